The zero-order valence-corrected chi connectivity index (χ0v) is 11.5. The quantitative estimate of drug-likeness (QED) is 0.784. The monoisotopic (exact) mass is 269 g/mol. The van der Waals surface area contributed by atoms with Gasteiger partial charge < -0.3 is 14.8 Å². The third-order valence-electron chi connectivity index (χ3n) is 4.06. The second-order valence-electron chi connectivity index (χ2n) is 5.48. The number of carbonyl (C=O) groups excluding carboxylic acids is 2. The highest BCUT2D eigenvalue weighted by atomic mass is 16.5. The molecule has 1 aliphatic heterocycles. The van der Waals surface area contributed by atoms with Crippen LogP contribution in [0.2, 0.25) is 0 Å². The fraction of sp³-hybridized carbons (Fsp3) is 0.857. The molecule has 0 aromatic heterocycles. The van der Waals surface area contributed by atoms with Gasteiger partial charge in [0, 0.05) is 12.6 Å². The van der Waals surface area contributed by atoms with Gasteiger partial charge in [-0.2, -0.15) is 0 Å². The number of esters is 1. The Labute approximate surface area is 114 Å². The van der Waals surface area contributed by atoms with Crippen LogP contribution in [-0.2, 0) is 19.1 Å². The van der Waals surface area contributed by atoms with Gasteiger partial charge in [0.25, 0.3) is 0 Å². The Morgan fingerprint density at radius 3 is 2.53 bits per heavy atom. The van der Waals surface area contributed by atoms with Gasteiger partial charge in [-0.1, -0.05) is 0 Å². The second-order valence-corrected chi connectivity index (χ2v) is 5.48. The molecule has 1 saturated heterocycles. The summed E-state index contributed by atoms with van der Waals surface area (Å²) in [5.74, 6) is -0.0335. The van der Waals surface area contributed by atoms with Crippen LogP contribution in [0.15, 0.2) is 0 Å². The Kier molecular flexibility index (Phi) is 5.19. The zero-order valence-electron chi connectivity index (χ0n) is 11.5. The van der Waals surface area contributed by atoms with Crippen LogP contribution in [-0.4, -0.2) is 37.7 Å². The van der Waals surface area contributed by atoms with Crippen LogP contribution in [0.25, 0.3) is 0 Å². The van der Waals surface area contributed by atoms with Gasteiger partial charge in [-0.05, 0) is 38.5 Å². The third kappa shape index (κ3) is 4.20. The maximum Gasteiger partial charge on any atom is 0.308 e. The first-order valence-electron chi connectivity index (χ1n) is 7.18. The van der Waals surface area contributed by atoms with E-state index in [4.69, 9.17) is 9.47 Å². The number of amides is 1. The minimum absolute atomic E-state index is 0.0105. The Balaban J connectivity index is 1.67. The molecule has 1 saturated carbocycles. The maximum absolute atomic E-state index is 11.9. The van der Waals surface area contributed by atoms with Crippen LogP contribution in [0, 0.1) is 5.92 Å². The van der Waals surface area contributed by atoms with Gasteiger partial charge in [-0.25, -0.2) is 0 Å². The van der Waals surface area contributed by atoms with E-state index in [1.807, 2.05) is 0 Å². The van der Waals surface area contributed by atoms with E-state index in [0.717, 1.165) is 45.1 Å². The Morgan fingerprint density at radius 1 is 1.21 bits per heavy atom. The van der Waals surface area contributed by atoms with Crippen LogP contribution < -0.4 is 5.32 Å². The molecule has 1 atom stereocenters. The van der Waals surface area contributed by atoms with Crippen LogP contribution in [0.3, 0.4) is 0 Å². The Hall–Kier alpha value is -1.10. The first-order chi connectivity index (χ1) is 9.19. The summed E-state index contributed by atoms with van der Waals surface area (Å²) in [4.78, 5) is 23.3. The van der Waals surface area contributed by atoms with E-state index in [1.165, 1.54) is 7.11 Å². The average Bonchev–Trinajstić information content (AvgIpc) is 2.91. The first-order valence-corrected chi connectivity index (χ1v) is 7.18. The zero-order chi connectivity index (χ0) is 13.7. The smallest absolute Gasteiger partial charge is 0.308 e. The minimum atomic E-state index is -0.121. The van der Waals surface area contributed by atoms with Crippen molar-refractivity contribution in [2.24, 2.45) is 5.92 Å². The molecule has 2 fully saturated rings. The largest absolute Gasteiger partial charge is 0.469 e. The van der Waals surface area contributed by atoms with E-state index in [2.05, 4.69) is 5.32 Å². The van der Waals surface area contributed by atoms with Crippen LogP contribution >= 0.6 is 0 Å². The maximum atomic E-state index is 11.9. The van der Waals surface area contributed by atoms with E-state index in [9.17, 15) is 9.59 Å². The van der Waals surface area contributed by atoms with E-state index < -0.39 is 0 Å². The minimum Gasteiger partial charge on any atom is -0.469 e. The van der Waals surface area contributed by atoms with Gasteiger partial charge in [0.15, 0.2) is 0 Å². The van der Waals surface area contributed by atoms with Gasteiger partial charge >= 0.3 is 5.97 Å². The SMILES string of the molecule is COC(=O)C1CCC(NC(=O)CC2CCCO2)CC1. The molecule has 0 aromatic carbocycles. The van der Waals surface area contributed by atoms with E-state index in [1.54, 1.807) is 0 Å². The predicted molar refractivity (Wildman–Crippen MR) is 69.5 cm³/mol. The number of methoxy groups -OCH3 is 1. The average molecular weight is 269 g/mol. The first kappa shape index (κ1) is 14.3. The van der Waals surface area contributed by atoms with Crippen molar-refractivity contribution in [1.82, 2.24) is 5.32 Å². The number of ether oxygens (including phenoxy) is 2. The van der Waals surface area contributed by atoms with E-state index in [-0.39, 0.29) is 29.9 Å². The fourth-order valence-corrected chi connectivity index (χ4v) is 2.94. The van der Waals surface area contributed by atoms with Crippen LogP contribution in [0.5, 0.6) is 0 Å². The molecule has 2 rings (SSSR count). The highest BCUT2D eigenvalue weighted by Gasteiger charge is 2.28. The molecule has 0 bridgehead atoms. The molecule has 0 aromatic rings. The number of carbonyl (C=O) groups is 2. The van der Waals surface area contributed by atoms with Crippen molar-refractivity contribution in [3.63, 3.8) is 0 Å². The molecule has 1 N–H and O–H groups in total. The van der Waals surface area contributed by atoms with Gasteiger partial charge in [0.05, 0.1) is 25.6 Å². The summed E-state index contributed by atoms with van der Waals surface area (Å²) in [7, 11) is 1.43. The van der Waals surface area contributed by atoms with Crippen molar-refractivity contribution in [3.8, 4) is 0 Å². The van der Waals surface area contributed by atoms with Crippen molar-refractivity contribution in [2.75, 3.05) is 13.7 Å². The van der Waals surface area contributed by atoms with Crippen LogP contribution in [0.4, 0.5) is 0 Å². The molecule has 0 spiro atoms. The molecule has 1 aliphatic carbocycles. The molecule has 5 nitrogen and oxygen atoms in total. The van der Waals surface area contributed by atoms with Crippen molar-refractivity contribution in [2.45, 2.75) is 57.1 Å². The molecular weight excluding hydrogens is 246 g/mol. The summed E-state index contributed by atoms with van der Waals surface area (Å²) in [5, 5.41) is 3.05. The molecule has 108 valence electrons. The highest BCUT2D eigenvalue weighted by Crippen LogP contribution is 2.25. The number of hydrogen-bond acceptors (Lipinski definition) is 4. The summed E-state index contributed by atoms with van der Waals surface area (Å²) in [5.41, 5.74) is 0. The van der Waals surface area contributed by atoms with Crippen molar-refractivity contribution in [3.05, 3.63) is 0 Å². The third-order valence-corrected chi connectivity index (χ3v) is 4.06. The molecule has 0 radical (unpaired) electrons. The van der Waals surface area contributed by atoms with Crippen molar-refractivity contribution >= 4 is 11.9 Å². The van der Waals surface area contributed by atoms with Crippen molar-refractivity contribution in [1.29, 1.82) is 0 Å². The standard InChI is InChI=1S/C14H23NO4/c1-18-14(17)10-4-6-11(7-5-10)15-13(16)9-12-3-2-8-19-12/h10-12H,2-9H2,1H3,(H,15,16). The van der Waals surface area contributed by atoms with Gasteiger partial charge in [-0.15, -0.1) is 0 Å². The fourth-order valence-electron chi connectivity index (χ4n) is 2.94. The van der Waals surface area contributed by atoms with E-state index >= 15 is 0 Å². The molecule has 1 heterocycles. The lowest BCUT2D eigenvalue weighted by atomic mass is 9.86. The number of nitrogens with one attached hydrogen (secondary N) is 1. The van der Waals surface area contributed by atoms with Crippen LogP contribution in [0.1, 0.15) is 44.9 Å². The summed E-state index contributed by atoms with van der Waals surface area (Å²) in [6, 6.07) is 0.204. The normalized spacial score (nSPS) is 30.9. The summed E-state index contributed by atoms with van der Waals surface area (Å²) in [6.07, 6.45) is 5.94. The van der Waals surface area contributed by atoms with Gasteiger partial charge in [0.1, 0.15) is 0 Å². The lowest BCUT2D eigenvalue weighted by Gasteiger charge is -2.27. The molecule has 19 heavy (non-hydrogen) atoms. The topological polar surface area (TPSA) is 64.6 Å². The highest BCUT2D eigenvalue weighted by molar-refractivity contribution is 5.77. The summed E-state index contributed by atoms with van der Waals surface area (Å²) < 4.78 is 10.2. The molecule has 2 aliphatic rings. The summed E-state index contributed by atoms with van der Waals surface area (Å²) in [6.45, 7) is 0.780. The second kappa shape index (κ2) is 6.89. The summed E-state index contributed by atoms with van der Waals surface area (Å²) >= 11 is 0. The van der Waals surface area contributed by atoms with Gasteiger partial charge in [-0.3, -0.25) is 9.59 Å². The molecule has 1 amide bonds. The predicted octanol–water partition coefficient (Wildman–Crippen LogP) is 1.40. The number of hydrogen-bond donors (Lipinski definition) is 1. The van der Waals surface area contributed by atoms with E-state index in [0.29, 0.717) is 6.42 Å². The molecule has 1 unspecified atom stereocenters. The molecular formula is C14H23NO4. The van der Waals surface area contributed by atoms with Gasteiger partial charge in [0.2, 0.25) is 5.91 Å². The van der Waals surface area contributed by atoms with Crippen molar-refractivity contribution < 1.29 is 19.1 Å². The molecule has 5 heteroatoms. The lowest BCUT2D eigenvalue weighted by Crippen LogP contribution is -2.40. The Bertz CT molecular complexity index is 317. The number of rotatable bonds is 4. The Morgan fingerprint density at radius 2 is 1.95 bits per heavy atom. The lowest BCUT2D eigenvalue weighted by molar-refractivity contribution is -0.146.